The maximum absolute atomic E-state index is 10.8. The molecule has 2 rings (SSSR count). The number of amidine groups is 1. The van der Waals surface area contributed by atoms with Gasteiger partial charge in [0, 0.05) is 5.92 Å². The molecule has 0 aromatic rings. The van der Waals surface area contributed by atoms with E-state index in [0.717, 1.165) is 18.7 Å². The number of hydrogen-bond acceptors (Lipinski definition) is 2. The summed E-state index contributed by atoms with van der Waals surface area (Å²) in [5.74, 6) is 1.20. The third-order valence-electron chi connectivity index (χ3n) is 1.76. The molecule has 0 aromatic carbocycles. The van der Waals surface area contributed by atoms with Gasteiger partial charge in [-0.25, -0.2) is 4.79 Å². The minimum Gasteiger partial charge on any atom is -0.325 e. The Morgan fingerprint density at radius 2 is 2.27 bits per heavy atom. The van der Waals surface area contributed by atoms with Crippen molar-refractivity contribution in [3.8, 4) is 0 Å². The second-order valence-corrected chi connectivity index (χ2v) is 2.83. The molecule has 4 nitrogen and oxygen atoms in total. The standard InChI is InChI=1S/C6H8BN3O/c7-5-8-4(3-1-2-3)9-6(11)10-5/h3,5H,1-2H2,(H2,8,9,10,11). The van der Waals surface area contributed by atoms with Gasteiger partial charge in [-0.2, -0.15) is 0 Å². The summed E-state index contributed by atoms with van der Waals surface area (Å²) < 4.78 is 0. The van der Waals surface area contributed by atoms with Gasteiger partial charge in [-0.15, -0.1) is 0 Å². The molecule has 0 aromatic heterocycles. The van der Waals surface area contributed by atoms with Crippen LogP contribution in [-0.4, -0.2) is 25.8 Å². The maximum atomic E-state index is 10.8. The van der Waals surface area contributed by atoms with Crippen LogP contribution in [-0.2, 0) is 0 Å². The van der Waals surface area contributed by atoms with E-state index in [9.17, 15) is 4.79 Å². The number of aliphatic imine (C=N–C) groups is 1. The first kappa shape index (κ1) is 6.70. The molecule has 0 spiro atoms. The molecule has 1 aliphatic carbocycles. The molecule has 5 heteroatoms. The highest BCUT2D eigenvalue weighted by Crippen LogP contribution is 2.30. The van der Waals surface area contributed by atoms with Crippen LogP contribution < -0.4 is 10.6 Å². The largest absolute Gasteiger partial charge is 0.325 e. The van der Waals surface area contributed by atoms with Crippen molar-refractivity contribution in [3.05, 3.63) is 0 Å². The molecule has 1 heterocycles. The Labute approximate surface area is 65.9 Å². The van der Waals surface area contributed by atoms with E-state index >= 15 is 0 Å². The average Bonchev–Trinajstić information content (AvgIpc) is 2.64. The summed E-state index contributed by atoms with van der Waals surface area (Å²) in [6.45, 7) is 0. The van der Waals surface area contributed by atoms with E-state index in [2.05, 4.69) is 15.6 Å². The minimum atomic E-state index is -0.556. The zero-order valence-corrected chi connectivity index (χ0v) is 6.00. The van der Waals surface area contributed by atoms with Crippen LogP contribution >= 0.6 is 0 Å². The van der Waals surface area contributed by atoms with Gasteiger partial charge in [-0.1, -0.05) is 0 Å². The molecule has 2 amide bonds. The fourth-order valence-electron chi connectivity index (χ4n) is 1.07. The van der Waals surface area contributed by atoms with Crippen molar-refractivity contribution in [1.29, 1.82) is 0 Å². The first-order valence-corrected chi connectivity index (χ1v) is 3.66. The molecule has 2 radical (unpaired) electrons. The van der Waals surface area contributed by atoms with Crippen LogP contribution in [0.4, 0.5) is 4.79 Å². The number of carbonyl (C=O) groups is 1. The van der Waals surface area contributed by atoms with Crippen molar-refractivity contribution >= 4 is 19.7 Å². The lowest BCUT2D eigenvalue weighted by Gasteiger charge is -2.19. The van der Waals surface area contributed by atoms with Crippen LogP contribution in [0, 0.1) is 5.92 Å². The molecule has 2 aliphatic rings. The maximum Gasteiger partial charge on any atom is 0.321 e. The van der Waals surface area contributed by atoms with Crippen LogP contribution in [0.2, 0.25) is 0 Å². The van der Waals surface area contributed by atoms with E-state index in [0.29, 0.717) is 5.92 Å². The Morgan fingerprint density at radius 1 is 1.55 bits per heavy atom. The fourth-order valence-corrected chi connectivity index (χ4v) is 1.07. The number of carbonyl (C=O) groups excluding carboxylic acids is 1. The lowest BCUT2D eigenvalue weighted by atomic mass is 10.1. The van der Waals surface area contributed by atoms with Gasteiger partial charge in [0.05, 0.1) is 6.07 Å². The summed E-state index contributed by atoms with van der Waals surface area (Å²) in [4.78, 5) is 14.9. The van der Waals surface area contributed by atoms with E-state index in [1.807, 2.05) is 0 Å². The zero-order valence-electron chi connectivity index (χ0n) is 6.00. The summed E-state index contributed by atoms with van der Waals surface area (Å²) in [6.07, 6.45) is 2.23. The van der Waals surface area contributed by atoms with Gasteiger partial charge in [0.25, 0.3) is 0 Å². The Kier molecular flexibility index (Phi) is 1.37. The van der Waals surface area contributed by atoms with Gasteiger partial charge in [0.1, 0.15) is 13.7 Å². The van der Waals surface area contributed by atoms with Gasteiger partial charge in [0.15, 0.2) is 0 Å². The summed E-state index contributed by atoms with van der Waals surface area (Å²) in [5.41, 5.74) is 0. The van der Waals surface area contributed by atoms with E-state index in [4.69, 9.17) is 7.85 Å². The molecule has 1 saturated carbocycles. The van der Waals surface area contributed by atoms with E-state index in [1.54, 1.807) is 0 Å². The van der Waals surface area contributed by atoms with Crippen molar-refractivity contribution in [2.24, 2.45) is 10.9 Å². The minimum absolute atomic E-state index is 0.241. The molecular weight excluding hydrogens is 141 g/mol. The second-order valence-electron chi connectivity index (χ2n) is 2.83. The Hall–Kier alpha value is -0.995. The predicted octanol–water partition coefficient (Wildman–Crippen LogP) is -0.440. The van der Waals surface area contributed by atoms with Crippen LogP contribution in [0.1, 0.15) is 12.8 Å². The Bertz CT molecular complexity index is 224. The molecule has 0 bridgehead atoms. The van der Waals surface area contributed by atoms with Crippen molar-refractivity contribution in [1.82, 2.24) is 10.6 Å². The SMILES string of the molecule is [B]C1N=C(C2CC2)NC(=O)N1. The third kappa shape index (κ3) is 1.36. The number of amides is 2. The van der Waals surface area contributed by atoms with Gasteiger partial charge in [-0.05, 0) is 12.8 Å². The van der Waals surface area contributed by atoms with E-state index in [-0.39, 0.29) is 6.03 Å². The molecule has 2 N–H and O–H groups in total. The second kappa shape index (κ2) is 2.25. The average molecular weight is 149 g/mol. The van der Waals surface area contributed by atoms with Crippen molar-refractivity contribution in [3.63, 3.8) is 0 Å². The number of hydrogen-bond donors (Lipinski definition) is 2. The monoisotopic (exact) mass is 149 g/mol. The highest BCUT2D eigenvalue weighted by Gasteiger charge is 2.31. The quantitative estimate of drug-likeness (QED) is 0.488. The van der Waals surface area contributed by atoms with Crippen molar-refractivity contribution in [2.45, 2.75) is 18.9 Å². The lowest BCUT2D eigenvalue weighted by Crippen LogP contribution is -2.50. The van der Waals surface area contributed by atoms with Gasteiger partial charge < -0.3 is 5.32 Å². The van der Waals surface area contributed by atoms with Crippen LogP contribution in [0.25, 0.3) is 0 Å². The van der Waals surface area contributed by atoms with Crippen LogP contribution in [0.5, 0.6) is 0 Å². The molecule has 1 unspecified atom stereocenters. The fraction of sp³-hybridized carbons (Fsp3) is 0.667. The van der Waals surface area contributed by atoms with Crippen LogP contribution in [0.15, 0.2) is 4.99 Å². The molecular formula is C6H8BN3O. The van der Waals surface area contributed by atoms with Crippen molar-refractivity contribution < 1.29 is 4.79 Å². The highest BCUT2D eigenvalue weighted by atomic mass is 16.2. The smallest absolute Gasteiger partial charge is 0.321 e. The predicted molar refractivity (Wildman–Crippen MR) is 41.4 cm³/mol. The summed E-state index contributed by atoms with van der Waals surface area (Å²) in [5, 5.41) is 5.06. The van der Waals surface area contributed by atoms with Gasteiger partial charge in [0.2, 0.25) is 0 Å². The zero-order chi connectivity index (χ0) is 7.84. The van der Waals surface area contributed by atoms with Crippen molar-refractivity contribution in [2.75, 3.05) is 0 Å². The highest BCUT2D eigenvalue weighted by molar-refractivity contribution is 6.16. The first-order valence-electron chi connectivity index (χ1n) is 3.66. The lowest BCUT2D eigenvalue weighted by molar-refractivity contribution is 0.243. The number of urea groups is 1. The Morgan fingerprint density at radius 3 is 2.82 bits per heavy atom. The first-order chi connectivity index (χ1) is 5.25. The molecule has 56 valence electrons. The number of nitrogens with zero attached hydrogens (tertiary/aromatic N) is 1. The van der Waals surface area contributed by atoms with E-state index < -0.39 is 6.07 Å². The van der Waals surface area contributed by atoms with Gasteiger partial charge >= 0.3 is 6.03 Å². The molecule has 11 heavy (non-hydrogen) atoms. The molecule has 1 fully saturated rings. The summed E-state index contributed by atoms with van der Waals surface area (Å²) >= 11 is 0. The van der Waals surface area contributed by atoms with Gasteiger partial charge in [-0.3, -0.25) is 10.3 Å². The Balaban J connectivity index is 2.11. The molecule has 0 saturated heterocycles. The van der Waals surface area contributed by atoms with Crippen LogP contribution in [0.3, 0.4) is 0 Å². The molecule has 1 atom stereocenters. The third-order valence-corrected chi connectivity index (χ3v) is 1.76. The van der Waals surface area contributed by atoms with E-state index in [1.165, 1.54) is 0 Å². The summed E-state index contributed by atoms with van der Waals surface area (Å²) in [7, 11) is 5.42. The number of nitrogens with one attached hydrogen (secondary N) is 2. The normalized spacial score (nSPS) is 30.4. The topological polar surface area (TPSA) is 53.5 Å². The number of rotatable bonds is 1. The molecule has 1 aliphatic heterocycles. The summed E-state index contributed by atoms with van der Waals surface area (Å²) in [6, 6.07) is -0.797.